The molecule has 1 unspecified atom stereocenters. The van der Waals surface area contributed by atoms with Crippen molar-refractivity contribution in [3.63, 3.8) is 0 Å². The van der Waals surface area contributed by atoms with Gasteiger partial charge >= 0.3 is 12.0 Å². The molecule has 1 fully saturated rings. The van der Waals surface area contributed by atoms with Crippen LogP contribution in [0.3, 0.4) is 0 Å². The number of carbonyl (C=O) groups excluding carboxylic acids is 2. The molecular weight excluding hydrogens is 176 g/mol. The molecule has 0 aliphatic carbocycles. The number of esters is 1. The number of morpholine rings is 1. The predicted octanol–water partition coefficient (Wildman–Crippen LogP) is -1.06. The second-order valence-corrected chi connectivity index (χ2v) is 2.65. The van der Waals surface area contributed by atoms with Crippen LogP contribution in [-0.2, 0) is 14.3 Å². The molecule has 0 aromatic carbocycles. The summed E-state index contributed by atoms with van der Waals surface area (Å²) in [6, 6.07) is -1.32. The van der Waals surface area contributed by atoms with Crippen molar-refractivity contribution >= 4 is 12.0 Å². The van der Waals surface area contributed by atoms with E-state index in [0.717, 1.165) is 0 Å². The molecule has 1 rings (SSSR count). The number of urea groups is 1. The number of primary amides is 1. The first-order valence-electron chi connectivity index (χ1n) is 3.88. The van der Waals surface area contributed by atoms with E-state index in [2.05, 4.69) is 4.74 Å². The van der Waals surface area contributed by atoms with Crippen molar-refractivity contribution < 1.29 is 19.1 Å². The number of nitrogens with two attached hydrogens (primary N) is 1. The Morgan fingerprint density at radius 1 is 1.62 bits per heavy atom. The van der Waals surface area contributed by atoms with E-state index >= 15 is 0 Å². The average Bonchev–Trinajstić information content (AvgIpc) is 2.16. The molecule has 0 aromatic heterocycles. The Morgan fingerprint density at radius 2 is 2.31 bits per heavy atom. The van der Waals surface area contributed by atoms with E-state index in [1.807, 2.05) is 0 Å². The molecule has 0 bridgehead atoms. The number of amides is 2. The van der Waals surface area contributed by atoms with Crippen molar-refractivity contribution in [2.24, 2.45) is 5.73 Å². The third-order valence-electron chi connectivity index (χ3n) is 1.88. The highest BCUT2D eigenvalue weighted by molar-refractivity contribution is 5.83. The number of hydrogen-bond acceptors (Lipinski definition) is 4. The third kappa shape index (κ3) is 2.09. The van der Waals surface area contributed by atoms with Crippen molar-refractivity contribution in [1.29, 1.82) is 0 Å². The Kier molecular flexibility index (Phi) is 3.07. The van der Waals surface area contributed by atoms with Gasteiger partial charge in [0.25, 0.3) is 0 Å². The molecule has 0 spiro atoms. The van der Waals surface area contributed by atoms with E-state index in [9.17, 15) is 9.59 Å². The van der Waals surface area contributed by atoms with Crippen LogP contribution in [0.2, 0.25) is 0 Å². The number of hydrogen-bond donors (Lipinski definition) is 1. The lowest BCUT2D eigenvalue weighted by Gasteiger charge is -2.31. The highest BCUT2D eigenvalue weighted by atomic mass is 16.5. The lowest BCUT2D eigenvalue weighted by molar-refractivity contribution is -0.150. The Balaban J connectivity index is 2.67. The van der Waals surface area contributed by atoms with Crippen LogP contribution in [0.15, 0.2) is 0 Å². The van der Waals surface area contributed by atoms with Gasteiger partial charge in [-0.15, -0.1) is 0 Å². The van der Waals surface area contributed by atoms with Gasteiger partial charge in [0, 0.05) is 6.54 Å². The number of carbonyl (C=O) groups is 2. The van der Waals surface area contributed by atoms with E-state index in [0.29, 0.717) is 13.2 Å². The number of ether oxygens (including phenoxy) is 2. The minimum Gasteiger partial charge on any atom is -0.467 e. The van der Waals surface area contributed by atoms with Gasteiger partial charge < -0.3 is 20.1 Å². The summed E-state index contributed by atoms with van der Waals surface area (Å²) < 4.78 is 9.54. The Bertz CT molecular complexity index is 219. The van der Waals surface area contributed by atoms with E-state index in [-0.39, 0.29) is 6.61 Å². The maximum Gasteiger partial charge on any atom is 0.331 e. The van der Waals surface area contributed by atoms with Crippen LogP contribution in [0.4, 0.5) is 4.79 Å². The van der Waals surface area contributed by atoms with Crippen molar-refractivity contribution in [1.82, 2.24) is 4.90 Å². The van der Waals surface area contributed by atoms with Gasteiger partial charge in [0.05, 0.1) is 20.3 Å². The normalized spacial score (nSPS) is 22.5. The molecule has 13 heavy (non-hydrogen) atoms. The van der Waals surface area contributed by atoms with Crippen LogP contribution in [0.25, 0.3) is 0 Å². The molecule has 6 heteroatoms. The van der Waals surface area contributed by atoms with Gasteiger partial charge in [-0.2, -0.15) is 0 Å². The minimum atomic E-state index is -0.698. The van der Waals surface area contributed by atoms with E-state index in [4.69, 9.17) is 10.5 Å². The summed E-state index contributed by atoms with van der Waals surface area (Å²) in [5.41, 5.74) is 5.07. The lowest BCUT2D eigenvalue weighted by atomic mass is 10.2. The van der Waals surface area contributed by atoms with Gasteiger partial charge in [0.15, 0.2) is 6.04 Å². The standard InChI is InChI=1S/C7H12N2O4/c1-12-6(10)5-4-13-3-2-9(5)7(8)11/h5H,2-4H2,1H3,(H2,8,11). The molecule has 1 saturated heterocycles. The van der Waals surface area contributed by atoms with Gasteiger partial charge in [-0.05, 0) is 0 Å². The molecule has 74 valence electrons. The molecule has 2 amide bonds. The first-order chi connectivity index (χ1) is 6.16. The second-order valence-electron chi connectivity index (χ2n) is 2.65. The highest BCUT2D eigenvalue weighted by Crippen LogP contribution is 2.07. The SMILES string of the molecule is COC(=O)C1COCCN1C(N)=O. The van der Waals surface area contributed by atoms with Crippen molar-refractivity contribution in [2.75, 3.05) is 26.9 Å². The van der Waals surface area contributed by atoms with Crippen LogP contribution in [-0.4, -0.2) is 49.8 Å². The van der Waals surface area contributed by atoms with Crippen LogP contribution < -0.4 is 5.73 Å². The number of rotatable bonds is 1. The van der Waals surface area contributed by atoms with Crippen LogP contribution in [0, 0.1) is 0 Å². The van der Waals surface area contributed by atoms with E-state index < -0.39 is 18.0 Å². The maximum absolute atomic E-state index is 11.1. The van der Waals surface area contributed by atoms with Gasteiger partial charge in [0.1, 0.15) is 0 Å². The zero-order valence-corrected chi connectivity index (χ0v) is 7.36. The molecule has 2 N–H and O–H groups in total. The molecular formula is C7H12N2O4. The van der Waals surface area contributed by atoms with E-state index in [1.165, 1.54) is 12.0 Å². The average molecular weight is 188 g/mol. The zero-order chi connectivity index (χ0) is 9.84. The first-order valence-corrected chi connectivity index (χ1v) is 3.88. The van der Waals surface area contributed by atoms with E-state index in [1.54, 1.807) is 0 Å². The molecule has 0 aromatic rings. The molecule has 1 atom stereocenters. The molecule has 1 aliphatic rings. The fourth-order valence-electron chi connectivity index (χ4n) is 1.20. The molecule has 0 radical (unpaired) electrons. The fraction of sp³-hybridized carbons (Fsp3) is 0.714. The lowest BCUT2D eigenvalue weighted by Crippen LogP contribution is -2.54. The summed E-state index contributed by atoms with van der Waals surface area (Å²) in [6.45, 7) is 0.876. The maximum atomic E-state index is 11.1. The monoisotopic (exact) mass is 188 g/mol. The third-order valence-corrected chi connectivity index (χ3v) is 1.88. The summed E-state index contributed by atoms with van der Waals surface area (Å²) in [4.78, 5) is 23.2. The molecule has 6 nitrogen and oxygen atoms in total. The summed E-state index contributed by atoms with van der Waals surface area (Å²) in [5.74, 6) is -0.501. The Labute approximate surface area is 75.6 Å². The molecule has 1 aliphatic heterocycles. The second kappa shape index (κ2) is 4.08. The summed E-state index contributed by atoms with van der Waals surface area (Å²) in [6.07, 6.45) is 0. The minimum absolute atomic E-state index is 0.148. The van der Waals surface area contributed by atoms with Crippen molar-refractivity contribution in [3.05, 3.63) is 0 Å². The van der Waals surface area contributed by atoms with Gasteiger partial charge in [0.2, 0.25) is 0 Å². The zero-order valence-electron chi connectivity index (χ0n) is 7.36. The topological polar surface area (TPSA) is 81.9 Å². The van der Waals surface area contributed by atoms with Crippen LogP contribution >= 0.6 is 0 Å². The smallest absolute Gasteiger partial charge is 0.331 e. The van der Waals surface area contributed by atoms with Gasteiger partial charge in [-0.25, -0.2) is 9.59 Å². The van der Waals surface area contributed by atoms with Crippen molar-refractivity contribution in [3.8, 4) is 0 Å². The van der Waals surface area contributed by atoms with Crippen LogP contribution in [0.5, 0.6) is 0 Å². The van der Waals surface area contributed by atoms with Crippen LogP contribution in [0.1, 0.15) is 0 Å². The number of methoxy groups -OCH3 is 1. The predicted molar refractivity (Wildman–Crippen MR) is 42.9 cm³/mol. The fourth-order valence-corrected chi connectivity index (χ4v) is 1.20. The largest absolute Gasteiger partial charge is 0.467 e. The highest BCUT2D eigenvalue weighted by Gasteiger charge is 2.32. The number of nitrogens with zero attached hydrogens (tertiary/aromatic N) is 1. The summed E-state index contributed by atoms with van der Waals surface area (Å²) in [7, 11) is 1.26. The molecule has 1 heterocycles. The van der Waals surface area contributed by atoms with Gasteiger partial charge in [-0.1, -0.05) is 0 Å². The first kappa shape index (κ1) is 9.79. The Hall–Kier alpha value is -1.30. The van der Waals surface area contributed by atoms with Crippen molar-refractivity contribution in [2.45, 2.75) is 6.04 Å². The molecule has 0 saturated carbocycles. The summed E-state index contributed by atoms with van der Waals surface area (Å²) >= 11 is 0. The summed E-state index contributed by atoms with van der Waals surface area (Å²) in [5, 5.41) is 0. The quantitative estimate of drug-likeness (QED) is 0.532. The van der Waals surface area contributed by atoms with Gasteiger partial charge in [-0.3, -0.25) is 0 Å². The Morgan fingerprint density at radius 3 is 2.85 bits per heavy atom.